The van der Waals surface area contributed by atoms with Gasteiger partial charge in [0.25, 0.3) is 0 Å². The number of rotatable bonds is 7. The number of ketones is 1. The molecule has 0 bridgehead atoms. The van der Waals surface area contributed by atoms with Crippen molar-refractivity contribution < 1.29 is 28.7 Å². The largest absolute Gasteiger partial charge is 0.456 e. The van der Waals surface area contributed by atoms with Crippen LogP contribution in [0.1, 0.15) is 37.6 Å². The molecule has 9 heteroatoms. The molecule has 2 rings (SSSR count). The highest BCUT2D eigenvalue weighted by molar-refractivity contribution is 9.10. The van der Waals surface area contributed by atoms with E-state index in [1.807, 2.05) is 6.92 Å². The van der Waals surface area contributed by atoms with Crippen LogP contribution in [0, 0.1) is 11.8 Å². The van der Waals surface area contributed by atoms with Gasteiger partial charge in [0.1, 0.15) is 12.1 Å². The van der Waals surface area contributed by atoms with E-state index in [-0.39, 0.29) is 23.5 Å². The number of nitrogens with one attached hydrogen (secondary N) is 1. The second-order valence-electron chi connectivity index (χ2n) is 7.74. The minimum Gasteiger partial charge on any atom is -0.456 e. The van der Waals surface area contributed by atoms with E-state index < -0.39 is 30.8 Å². The van der Waals surface area contributed by atoms with Crippen molar-refractivity contribution in [1.82, 2.24) is 10.2 Å². The van der Waals surface area contributed by atoms with Crippen LogP contribution >= 0.6 is 15.9 Å². The second kappa shape index (κ2) is 10.6. The monoisotopic (exact) mass is 482 g/mol. The van der Waals surface area contributed by atoms with Gasteiger partial charge in [-0.1, -0.05) is 48.8 Å². The van der Waals surface area contributed by atoms with Gasteiger partial charge < -0.3 is 19.7 Å². The van der Waals surface area contributed by atoms with Crippen molar-refractivity contribution in [2.45, 2.75) is 39.3 Å². The molecule has 1 aromatic rings. The molecule has 2 amide bonds. The fourth-order valence-corrected chi connectivity index (χ4v) is 3.61. The summed E-state index contributed by atoms with van der Waals surface area (Å²) < 4.78 is 10.7. The van der Waals surface area contributed by atoms with Gasteiger partial charge in [0.2, 0.25) is 5.91 Å². The van der Waals surface area contributed by atoms with Gasteiger partial charge in [0.05, 0.1) is 7.11 Å². The summed E-state index contributed by atoms with van der Waals surface area (Å²) >= 11 is 3.30. The van der Waals surface area contributed by atoms with E-state index in [1.54, 1.807) is 38.1 Å². The Hall–Kier alpha value is -2.42. The molecule has 0 saturated carbocycles. The van der Waals surface area contributed by atoms with E-state index in [0.717, 1.165) is 4.47 Å². The normalized spacial score (nSPS) is 19.3. The first-order valence-corrected chi connectivity index (χ1v) is 10.5. The van der Waals surface area contributed by atoms with Crippen LogP contribution in [0.2, 0.25) is 0 Å². The number of hydrogen-bond donors (Lipinski definition) is 1. The summed E-state index contributed by atoms with van der Waals surface area (Å²) in [6, 6.07) is 5.11. The maximum Gasteiger partial charge on any atom is 0.407 e. The lowest BCUT2D eigenvalue weighted by atomic mass is 10.0. The van der Waals surface area contributed by atoms with E-state index in [0.29, 0.717) is 18.5 Å². The number of alkyl carbamates (subject to hydrolysis) is 1. The minimum absolute atomic E-state index is 0.0830. The zero-order chi connectivity index (χ0) is 22.4. The van der Waals surface area contributed by atoms with Gasteiger partial charge in [-0.2, -0.15) is 0 Å². The second-order valence-corrected chi connectivity index (χ2v) is 8.66. The molecule has 30 heavy (non-hydrogen) atoms. The molecule has 0 aliphatic carbocycles. The molecule has 1 aliphatic rings. The summed E-state index contributed by atoms with van der Waals surface area (Å²) in [5.74, 6) is -1.45. The Morgan fingerprint density at radius 3 is 2.40 bits per heavy atom. The lowest BCUT2D eigenvalue weighted by Crippen LogP contribution is -2.54. The number of carbonyl (C=O) groups is 4. The van der Waals surface area contributed by atoms with Gasteiger partial charge >= 0.3 is 12.1 Å². The van der Waals surface area contributed by atoms with E-state index in [9.17, 15) is 19.2 Å². The molecule has 1 N–H and O–H groups in total. The van der Waals surface area contributed by atoms with E-state index in [4.69, 9.17) is 4.74 Å². The van der Waals surface area contributed by atoms with E-state index in [1.165, 1.54) is 12.0 Å². The van der Waals surface area contributed by atoms with Crippen LogP contribution in [0.25, 0.3) is 0 Å². The predicted molar refractivity (Wildman–Crippen MR) is 113 cm³/mol. The highest BCUT2D eigenvalue weighted by Crippen LogP contribution is 2.26. The van der Waals surface area contributed by atoms with Crippen molar-refractivity contribution >= 4 is 39.7 Å². The highest BCUT2D eigenvalue weighted by Gasteiger charge is 2.42. The maximum atomic E-state index is 13.1. The van der Waals surface area contributed by atoms with E-state index in [2.05, 4.69) is 26.0 Å². The molecule has 3 atom stereocenters. The molecule has 1 heterocycles. The number of benzene rings is 1. The fraction of sp³-hybridized carbons (Fsp3) is 0.524. The van der Waals surface area contributed by atoms with Crippen LogP contribution < -0.4 is 5.32 Å². The molecule has 0 radical (unpaired) electrons. The Morgan fingerprint density at radius 2 is 1.83 bits per heavy atom. The lowest BCUT2D eigenvalue weighted by molar-refractivity contribution is -0.153. The van der Waals surface area contributed by atoms with Crippen molar-refractivity contribution in [3.8, 4) is 0 Å². The standard InChI is InChI=1S/C21H27BrN2O6/c1-12(2)18(23-21(28)29-4)19(26)24-10-13(3)9-16(24)20(27)30-11-17(25)14-5-7-15(22)8-6-14/h5-8,12-13,16,18H,9-11H2,1-4H3,(H,23,28)/t13-,16-,18-/m0/s1. The zero-order valence-corrected chi connectivity index (χ0v) is 19.1. The molecule has 0 unspecified atom stereocenters. The van der Waals surface area contributed by atoms with Gasteiger partial charge in [0.15, 0.2) is 12.4 Å². The predicted octanol–water partition coefficient (Wildman–Crippen LogP) is 2.79. The average Bonchev–Trinajstić information content (AvgIpc) is 3.11. The number of carbonyl (C=O) groups excluding carboxylic acids is 4. The van der Waals surface area contributed by atoms with Crippen LogP contribution in [-0.2, 0) is 19.1 Å². The number of likely N-dealkylation sites (tertiary alicyclic amines) is 1. The number of esters is 1. The fourth-order valence-electron chi connectivity index (χ4n) is 3.34. The number of methoxy groups -OCH3 is 1. The summed E-state index contributed by atoms with van der Waals surface area (Å²) in [4.78, 5) is 51.1. The first-order chi connectivity index (χ1) is 14.1. The Balaban J connectivity index is 2.05. The molecule has 8 nitrogen and oxygen atoms in total. The lowest BCUT2D eigenvalue weighted by Gasteiger charge is -2.29. The third kappa shape index (κ3) is 6.04. The topological polar surface area (TPSA) is 102 Å². The molecule has 1 aliphatic heterocycles. The molecule has 1 saturated heterocycles. The zero-order valence-electron chi connectivity index (χ0n) is 17.5. The average molecular weight is 483 g/mol. The van der Waals surface area contributed by atoms with Crippen LogP contribution in [0.15, 0.2) is 28.7 Å². The molecular formula is C21H27BrN2O6. The summed E-state index contributed by atoms with van der Waals surface area (Å²) in [5, 5.41) is 2.53. The first kappa shape index (κ1) is 23.9. The molecule has 1 aromatic carbocycles. The Labute approximate surface area is 184 Å². The summed E-state index contributed by atoms with van der Waals surface area (Å²) in [6.45, 7) is 5.48. The van der Waals surface area contributed by atoms with Crippen LogP contribution in [-0.4, -0.2) is 61.0 Å². The number of halogens is 1. The van der Waals surface area contributed by atoms with Crippen LogP contribution in [0.5, 0.6) is 0 Å². The van der Waals surface area contributed by atoms with Gasteiger partial charge in [-0.25, -0.2) is 9.59 Å². The first-order valence-electron chi connectivity index (χ1n) is 9.74. The van der Waals surface area contributed by atoms with Crippen molar-refractivity contribution in [1.29, 1.82) is 0 Å². The number of ether oxygens (including phenoxy) is 2. The van der Waals surface area contributed by atoms with Crippen LogP contribution in [0.4, 0.5) is 4.79 Å². The molecular weight excluding hydrogens is 456 g/mol. The number of nitrogens with zero attached hydrogens (tertiary/aromatic N) is 1. The van der Waals surface area contributed by atoms with Gasteiger partial charge in [-0.15, -0.1) is 0 Å². The van der Waals surface area contributed by atoms with E-state index >= 15 is 0 Å². The Kier molecular flexibility index (Phi) is 8.40. The van der Waals surface area contributed by atoms with Gasteiger partial charge in [0, 0.05) is 16.6 Å². The van der Waals surface area contributed by atoms with Crippen molar-refractivity contribution in [2.24, 2.45) is 11.8 Å². The van der Waals surface area contributed by atoms with Gasteiger partial charge in [-0.05, 0) is 30.4 Å². The Morgan fingerprint density at radius 1 is 1.20 bits per heavy atom. The molecule has 1 fully saturated rings. The number of amides is 2. The van der Waals surface area contributed by atoms with Crippen molar-refractivity contribution in [3.05, 3.63) is 34.3 Å². The highest BCUT2D eigenvalue weighted by atomic mass is 79.9. The van der Waals surface area contributed by atoms with Gasteiger partial charge in [-0.3, -0.25) is 9.59 Å². The smallest absolute Gasteiger partial charge is 0.407 e. The summed E-state index contributed by atoms with van der Waals surface area (Å²) in [6.07, 6.45) is -0.284. The SMILES string of the molecule is COC(=O)N[C@H](C(=O)N1C[C@@H](C)C[C@H]1C(=O)OCC(=O)c1ccc(Br)cc1)C(C)C. The summed E-state index contributed by atoms with van der Waals surface area (Å²) in [7, 11) is 1.22. The number of Topliss-reactive ketones (excluding diaryl/α,β-unsaturated/α-hetero) is 1. The van der Waals surface area contributed by atoms with Crippen molar-refractivity contribution in [3.63, 3.8) is 0 Å². The summed E-state index contributed by atoms with van der Waals surface area (Å²) in [5.41, 5.74) is 0.431. The molecule has 164 valence electrons. The van der Waals surface area contributed by atoms with Crippen molar-refractivity contribution in [2.75, 3.05) is 20.3 Å². The third-order valence-electron chi connectivity index (χ3n) is 4.97. The molecule has 0 spiro atoms. The van der Waals surface area contributed by atoms with Crippen LogP contribution in [0.3, 0.4) is 0 Å². The Bertz CT molecular complexity index is 795. The minimum atomic E-state index is -0.831. The quantitative estimate of drug-likeness (QED) is 0.473. The third-order valence-corrected chi connectivity index (χ3v) is 5.50. The molecule has 0 aromatic heterocycles. The maximum absolute atomic E-state index is 13.1. The number of hydrogen-bond acceptors (Lipinski definition) is 6.